The fourth-order valence-electron chi connectivity index (χ4n) is 2.18. The van der Waals surface area contributed by atoms with Crippen LogP contribution in [-0.2, 0) is 4.79 Å². The highest BCUT2D eigenvalue weighted by atomic mass is 16.2. The molecule has 1 aromatic carbocycles. The Morgan fingerprint density at radius 2 is 2.07 bits per heavy atom. The number of hydrogen-bond acceptors (Lipinski definition) is 2. The number of aldehydes is 1. The van der Waals surface area contributed by atoms with Gasteiger partial charge in [-0.2, -0.15) is 0 Å². The Balaban J connectivity index is 2.51. The molecule has 1 aliphatic heterocycles. The predicted molar refractivity (Wildman–Crippen MR) is 56.5 cm³/mol. The van der Waals surface area contributed by atoms with Gasteiger partial charge in [-0.25, -0.2) is 0 Å². The highest BCUT2D eigenvalue weighted by Crippen LogP contribution is 2.36. The van der Waals surface area contributed by atoms with Crippen LogP contribution in [-0.4, -0.2) is 24.1 Å². The van der Waals surface area contributed by atoms with Crippen molar-refractivity contribution in [3.63, 3.8) is 0 Å². The van der Waals surface area contributed by atoms with Gasteiger partial charge in [0.2, 0.25) is 0 Å². The maximum atomic E-state index is 11.8. The van der Waals surface area contributed by atoms with Crippen LogP contribution in [0.4, 0.5) is 0 Å². The van der Waals surface area contributed by atoms with E-state index in [-0.39, 0.29) is 17.9 Å². The van der Waals surface area contributed by atoms with Gasteiger partial charge in [0.1, 0.15) is 6.29 Å². The standard InChI is InChI=1S/C12H13NO2/c1-8(7-14)11-9-5-3-4-6-10(9)12(15)13(11)2/h3-8,11H,1-2H3/t8?,11-/m1/s1. The Labute approximate surface area is 88.7 Å². The van der Waals surface area contributed by atoms with E-state index in [1.54, 1.807) is 11.9 Å². The molecule has 0 aliphatic carbocycles. The van der Waals surface area contributed by atoms with Crippen LogP contribution in [0.3, 0.4) is 0 Å². The molecule has 1 aliphatic rings. The summed E-state index contributed by atoms with van der Waals surface area (Å²) in [5.74, 6) is -0.160. The number of nitrogens with zero attached hydrogens (tertiary/aromatic N) is 1. The van der Waals surface area contributed by atoms with Crippen molar-refractivity contribution in [1.82, 2.24) is 4.90 Å². The first-order valence-electron chi connectivity index (χ1n) is 4.98. The van der Waals surface area contributed by atoms with E-state index < -0.39 is 0 Å². The lowest BCUT2D eigenvalue weighted by Gasteiger charge is -2.23. The molecule has 1 unspecified atom stereocenters. The molecule has 3 nitrogen and oxygen atoms in total. The topological polar surface area (TPSA) is 37.4 Å². The van der Waals surface area contributed by atoms with Crippen molar-refractivity contribution in [2.45, 2.75) is 13.0 Å². The normalized spacial score (nSPS) is 21.3. The van der Waals surface area contributed by atoms with Gasteiger partial charge in [0.05, 0.1) is 6.04 Å². The molecular weight excluding hydrogens is 190 g/mol. The maximum Gasteiger partial charge on any atom is 0.254 e. The number of fused-ring (bicyclic) bond motifs is 1. The first-order chi connectivity index (χ1) is 7.16. The molecule has 1 aromatic rings. The third-order valence-electron chi connectivity index (χ3n) is 2.96. The summed E-state index contributed by atoms with van der Waals surface area (Å²) in [6, 6.07) is 7.37. The summed E-state index contributed by atoms with van der Waals surface area (Å²) in [7, 11) is 1.74. The maximum absolute atomic E-state index is 11.8. The quantitative estimate of drug-likeness (QED) is 0.685. The van der Waals surface area contributed by atoms with Crippen molar-refractivity contribution in [2.24, 2.45) is 5.92 Å². The van der Waals surface area contributed by atoms with E-state index in [9.17, 15) is 9.59 Å². The van der Waals surface area contributed by atoms with Gasteiger partial charge in [-0.1, -0.05) is 25.1 Å². The van der Waals surface area contributed by atoms with E-state index in [1.165, 1.54) is 0 Å². The van der Waals surface area contributed by atoms with Crippen LogP contribution in [0.25, 0.3) is 0 Å². The lowest BCUT2D eigenvalue weighted by atomic mass is 9.95. The summed E-state index contributed by atoms with van der Waals surface area (Å²) >= 11 is 0. The van der Waals surface area contributed by atoms with Crippen LogP contribution in [0.2, 0.25) is 0 Å². The number of rotatable bonds is 2. The van der Waals surface area contributed by atoms with Crippen molar-refractivity contribution < 1.29 is 9.59 Å². The molecule has 0 fully saturated rings. The number of hydrogen-bond donors (Lipinski definition) is 0. The Morgan fingerprint density at radius 3 is 2.73 bits per heavy atom. The van der Waals surface area contributed by atoms with Crippen LogP contribution in [0.5, 0.6) is 0 Å². The largest absolute Gasteiger partial charge is 0.334 e. The van der Waals surface area contributed by atoms with E-state index >= 15 is 0 Å². The van der Waals surface area contributed by atoms with Crippen molar-refractivity contribution >= 4 is 12.2 Å². The minimum absolute atomic E-state index is 0.00398. The molecule has 78 valence electrons. The first kappa shape index (κ1) is 9.90. The van der Waals surface area contributed by atoms with Crippen LogP contribution in [0, 0.1) is 5.92 Å². The van der Waals surface area contributed by atoms with Crippen LogP contribution in [0.15, 0.2) is 24.3 Å². The summed E-state index contributed by atoms with van der Waals surface area (Å²) in [5.41, 5.74) is 1.68. The minimum atomic E-state index is -0.164. The smallest absolute Gasteiger partial charge is 0.254 e. The average molecular weight is 203 g/mol. The van der Waals surface area contributed by atoms with Gasteiger partial charge >= 0.3 is 0 Å². The second kappa shape index (κ2) is 3.50. The molecule has 2 rings (SSSR count). The SMILES string of the molecule is CC(C=O)[C@@H]1c2ccccc2C(=O)N1C. The molecule has 0 N–H and O–H groups in total. The number of carbonyl (C=O) groups is 2. The Morgan fingerprint density at radius 1 is 1.40 bits per heavy atom. The second-order valence-corrected chi connectivity index (χ2v) is 3.94. The van der Waals surface area contributed by atoms with E-state index in [4.69, 9.17) is 0 Å². The minimum Gasteiger partial charge on any atom is -0.334 e. The molecule has 1 heterocycles. The Kier molecular flexibility index (Phi) is 2.31. The summed E-state index contributed by atoms with van der Waals surface area (Å²) in [5, 5.41) is 0. The van der Waals surface area contributed by atoms with Crippen LogP contribution in [0.1, 0.15) is 28.9 Å². The number of amides is 1. The van der Waals surface area contributed by atoms with Crippen LogP contribution >= 0.6 is 0 Å². The lowest BCUT2D eigenvalue weighted by molar-refractivity contribution is -0.112. The summed E-state index contributed by atoms with van der Waals surface area (Å²) < 4.78 is 0. The van der Waals surface area contributed by atoms with Gasteiger partial charge in [0, 0.05) is 18.5 Å². The molecule has 0 saturated carbocycles. The molecule has 0 bridgehead atoms. The highest BCUT2D eigenvalue weighted by molar-refractivity contribution is 5.99. The average Bonchev–Trinajstić information content (AvgIpc) is 2.52. The van der Waals surface area contributed by atoms with Gasteiger partial charge < -0.3 is 9.69 Å². The molecule has 0 aromatic heterocycles. The fraction of sp³-hybridized carbons (Fsp3) is 0.333. The monoisotopic (exact) mass is 203 g/mol. The zero-order chi connectivity index (χ0) is 11.0. The van der Waals surface area contributed by atoms with Gasteiger partial charge in [-0.15, -0.1) is 0 Å². The van der Waals surface area contributed by atoms with Crippen molar-refractivity contribution in [1.29, 1.82) is 0 Å². The van der Waals surface area contributed by atoms with E-state index in [1.807, 2.05) is 31.2 Å². The van der Waals surface area contributed by atoms with Crippen molar-refractivity contribution in [2.75, 3.05) is 7.05 Å². The zero-order valence-corrected chi connectivity index (χ0v) is 8.81. The second-order valence-electron chi connectivity index (χ2n) is 3.94. The zero-order valence-electron chi connectivity index (χ0n) is 8.81. The number of benzene rings is 1. The molecule has 2 atom stereocenters. The predicted octanol–water partition coefficient (Wildman–Crippen LogP) is 1.65. The Hall–Kier alpha value is -1.64. The third kappa shape index (κ3) is 1.35. The molecular formula is C12H13NO2. The van der Waals surface area contributed by atoms with Crippen LogP contribution < -0.4 is 0 Å². The lowest BCUT2D eigenvalue weighted by Crippen LogP contribution is -2.27. The summed E-state index contributed by atoms with van der Waals surface area (Å²) in [4.78, 5) is 24.3. The molecule has 15 heavy (non-hydrogen) atoms. The van der Waals surface area contributed by atoms with Gasteiger partial charge in [-0.3, -0.25) is 4.79 Å². The van der Waals surface area contributed by atoms with E-state index in [2.05, 4.69) is 0 Å². The third-order valence-corrected chi connectivity index (χ3v) is 2.96. The highest BCUT2D eigenvalue weighted by Gasteiger charge is 2.36. The first-order valence-corrected chi connectivity index (χ1v) is 4.98. The number of carbonyl (C=O) groups excluding carboxylic acids is 2. The molecule has 0 radical (unpaired) electrons. The van der Waals surface area contributed by atoms with Gasteiger partial charge in [0.25, 0.3) is 5.91 Å². The fourth-order valence-corrected chi connectivity index (χ4v) is 2.18. The molecule has 3 heteroatoms. The molecule has 0 saturated heterocycles. The Bertz CT molecular complexity index is 414. The summed E-state index contributed by atoms with van der Waals surface area (Å²) in [6.07, 6.45) is 0.899. The molecule has 1 amide bonds. The van der Waals surface area contributed by atoms with Gasteiger partial charge in [-0.05, 0) is 11.6 Å². The van der Waals surface area contributed by atoms with Gasteiger partial charge in [0.15, 0.2) is 0 Å². The van der Waals surface area contributed by atoms with Crippen molar-refractivity contribution in [3.05, 3.63) is 35.4 Å². The molecule has 0 spiro atoms. The van der Waals surface area contributed by atoms with E-state index in [0.717, 1.165) is 17.4 Å². The van der Waals surface area contributed by atoms with Crippen molar-refractivity contribution in [3.8, 4) is 0 Å². The van der Waals surface area contributed by atoms with E-state index in [0.29, 0.717) is 0 Å². The summed E-state index contributed by atoms with van der Waals surface area (Å²) in [6.45, 7) is 1.84.